The van der Waals surface area contributed by atoms with Crippen LogP contribution in [0.15, 0.2) is 66.7 Å². The van der Waals surface area contributed by atoms with E-state index >= 15 is 0 Å². The highest BCUT2D eigenvalue weighted by Crippen LogP contribution is 2.36. The number of hydrogen-bond donors (Lipinski definition) is 2. The van der Waals surface area contributed by atoms with Crippen LogP contribution in [0.4, 0.5) is 0 Å². The molecule has 1 amide bonds. The number of carbonyl (C=O) groups excluding carboxylic acids is 1. The van der Waals surface area contributed by atoms with E-state index < -0.39 is 49.1 Å². The summed E-state index contributed by atoms with van der Waals surface area (Å²) in [5.41, 5.74) is 1.93. The van der Waals surface area contributed by atoms with Gasteiger partial charge in [-0.05, 0) is 17.5 Å². The summed E-state index contributed by atoms with van der Waals surface area (Å²) in [6, 6.07) is 18.9. The van der Waals surface area contributed by atoms with Gasteiger partial charge in [-0.3, -0.25) is 4.79 Å². The molecular weight excluding hydrogens is 462 g/mol. The van der Waals surface area contributed by atoms with E-state index in [9.17, 15) is 15.0 Å². The summed E-state index contributed by atoms with van der Waals surface area (Å²) in [6.07, 6.45) is -0.745. The highest BCUT2D eigenvalue weighted by molar-refractivity contribution is 5.90. The highest BCUT2D eigenvalue weighted by Gasteiger charge is 2.57. The lowest BCUT2D eigenvalue weighted by molar-refractivity contribution is -0.345. The number of carbonyl (C=O) groups is 1. The predicted octanol–water partition coefficient (Wildman–Crippen LogP) is 2.48. The lowest BCUT2D eigenvalue weighted by Gasteiger charge is -2.55. The molecule has 192 valence electrons. The maximum absolute atomic E-state index is 13.3. The Kier molecular flexibility index (Phi) is 7.81. The molecule has 5 rings (SSSR count). The molecule has 2 aromatic rings. The van der Waals surface area contributed by atoms with Crippen molar-refractivity contribution in [3.05, 3.63) is 77.9 Å². The molecule has 2 N–H and O–H groups in total. The second-order valence-corrected chi connectivity index (χ2v) is 9.42. The molecule has 8 atom stereocenters. The average Bonchev–Trinajstić information content (AvgIpc) is 2.91. The van der Waals surface area contributed by atoms with Gasteiger partial charge >= 0.3 is 0 Å². The van der Waals surface area contributed by atoms with Gasteiger partial charge in [0.25, 0.3) is 5.91 Å². The third-order valence-electron chi connectivity index (χ3n) is 6.90. The summed E-state index contributed by atoms with van der Waals surface area (Å²) < 4.78 is 23.7. The minimum absolute atomic E-state index is 0.218. The van der Waals surface area contributed by atoms with Crippen LogP contribution in [0.5, 0.6) is 0 Å². The van der Waals surface area contributed by atoms with Crippen LogP contribution in [0.3, 0.4) is 0 Å². The molecule has 8 heteroatoms. The van der Waals surface area contributed by atoms with Gasteiger partial charge in [0.1, 0.15) is 24.4 Å². The molecule has 1 unspecified atom stereocenters. The number of ether oxygens (including phenoxy) is 4. The fourth-order valence-electron chi connectivity index (χ4n) is 4.95. The fraction of sp³-hybridized carbons (Fsp3) is 0.464. The number of aliphatic hydroxyl groups excluding tert-OH is 2. The quantitative estimate of drug-likeness (QED) is 0.543. The lowest BCUT2D eigenvalue weighted by Crippen LogP contribution is -2.75. The van der Waals surface area contributed by atoms with Crippen molar-refractivity contribution in [3.8, 4) is 0 Å². The van der Waals surface area contributed by atoms with Gasteiger partial charge in [0.05, 0.1) is 19.3 Å². The molecule has 3 fully saturated rings. The van der Waals surface area contributed by atoms with Gasteiger partial charge in [0.15, 0.2) is 18.6 Å². The molecule has 2 aromatic carbocycles. The summed E-state index contributed by atoms with van der Waals surface area (Å²) >= 11 is 0. The average molecular weight is 496 g/mol. The van der Waals surface area contributed by atoms with E-state index in [0.717, 1.165) is 17.5 Å². The first kappa shape index (κ1) is 25.1. The van der Waals surface area contributed by atoms with Crippen LogP contribution >= 0.6 is 0 Å². The Morgan fingerprint density at radius 1 is 1.03 bits per heavy atom. The molecule has 36 heavy (non-hydrogen) atoms. The Bertz CT molecular complexity index is 1030. The Hall–Kier alpha value is -2.59. The van der Waals surface area contributed by atoms with Crippen LogP contribution < -0.4 is 0 Å². The van der Waals surface area contributed by atoms with Crippen molar-refractivity contribution in [1.29, 1.82) is 0 Å². The molecule has 0 bridgehead atoms. The number of likely N-dealkylation sites (tertiary alicyclic amines) is 1. The van der Waals surface area contributed by atoms with Crippen molar-refractivity contribution in [2.75, 3.05) is 6.61 Å². The van der Waals surface area contributed by atoms with Gasteiger partial charge in [-0.15, -0.1) is 0 Å². The highest BCUT2D eigenvalue weighted by atomic mass is 16.7. The first-order valence-corrected chi connectivity index (χ1v) is 12.6. The number of aliphatic hydroxyl groups is 2. The monoisotopic (exact) mass is 495 g/mol. The van der Waals surface area contributed by atoms with E-state index in [4.69, 9.17) is 18.9 Å². The standard InChI is InChI=1S/C28H33NO7/c1-2-9-22-33-17-21-26(36-22)23(30)24(31)28(35-21)29-20(15-14-18-10-5-3-6-11-18)25(27(29)32)34-16-19-12-7-4-8-13-19/h3-8,10-15,20-26,28,30-31H,2,9,16-17H2,1H3/b15-14+/t20-,21+,22?,23+,24+,25+,26+,28+/m0/s1. The third-order valence-corrected chi connectivity index (χ3v) is 6.90. The molecule has 0 radical (unpaired) electrons. The largest absolute Gasteiger partial charge is 0.387 e. The van der Waals surface area contributed by atoms with Crippen molar-refractivity contribution in [2.24, 2.45) is 0 Å². The minimum atomic E-state index is -1.33. The fourth-order valence-corrected chi connectivity index (χ4v) is 4.95. The first-order chi connectivity index (χ1) is 17.6. The maximum Gasteiger partial charge on any atom is 0.256 e. The Morgan fingerprint density at radius 2 is 1.75 bits per heavy atom. The molecule has 0 saturated carbocycles. The number of nitrogens with zero attached hydrogens (tertiary/aromatic N) is 1. The molecule has 0 spiro atoms. The number of benzene rings is 2. The van der Waals surface area contributed by atoms with E-state index in [1.54, 1.807) is 0 Å². The van der Waals surface area contributed by atoms with Gasteiger partial charge in [-0.25, -0.2) is 0 Å². The molecule has 8 nitrogen and oxygen atoms in total. The number of rotatable bonds is 8. The Balaban J connectivity index is 1.33. The number of β-lactam (4-membered cyclic amide) rings is 1. The molecular formula is C28H33NO7. The first-order valence-electron chi connectivity index (χ1n) is 12.6. The molecule has 3 heterocycles. The Labute approximate surface area is 211 Å². The van der Waals surface area contributed by atoms with Crippen molar-refractivity contribution in [2.45, 2.75) is 75.5 Å². The summed E-state index contributed by atoms with van der Waals surface area (Å²) in [5, 5.41) is 21.9. The number of fused-ring (bicyclic) bond motifs is 1. The number of hydrogen-bond acceptors (Lipinski definition) is 7. The summed E-state index contributed by atoms with van der Waals surface area (Å²) in [6.45, 7) is 2.52. The van der Waals surface area contributed by atoms with E-state index in [0.29, 0.717) is 6.42 Å². The second kappa shape index (κ2) is 11.2. The van der Waals surface area contributed by atoms with Crippen LogP contribution in [0, 0.1) is 0 Å². The lowest BCUT2D eigenvalue weighted by atomic mass is 9.90. The molecule has 3 aliphatic rings. The van der Waals surface area contributed by atoms with Crippen LogP contribution in [0.25, 0.3) is 6.08 Å². The zero-order valence-electron chi connectivity index (χ0n) is 20.3. The number of amides is 1. The minimum Gasteiger partial charge on any atom is -0.387 e. The van der Waals surface area contributed by atoms with Gasteiger partial charge in [0, 0.05) is 0 Å². The zero-order valence-corrected chi connectivity index (χ0v) is 20.3. The van der Waals surface area contributed by atoms with E-state index in [-0.39, 0.29) is 19.1 Å². The van der Waals surface area contributed by atoms with E-state index in [1.165, 1.54) is 4.90 Å². The molecule has 0 aromatic heterocycles. The van der Waals surface area contributed by atoms with E-state index in [1.807, 2.05) is 79.7 Å². The smallest absolute Gasteiger partial charge is 0.256 e. The SMILES string of the molecule is CCCC1OC[C@H]2O[C@@H](N3C(=O)[C@H](OCc4ccccc4)[C@@H]3/C=C/c3ccccc3)[C@H](O)[C@@H](O)[C@@H]2O1. The van der Waals surface area contributed by atoms with Crippen LogP contribution in [-0.4, -0.2) is 76.7 Å². The molecule has 0 aliphatic carbocycles. The van der Waals surface area contributed by atoms with Gasteiger partial charge in [0.2, 0.25) is 0 Å². The molecule has 3 aliphatic heterocycles. The van der Waals surface area contributed by atoms with Crippen molar-refractivity contribution >= 4 is 12.0 Å². The van der Waals surface area contributed by atoms with Crippen molar-refractivity contribution < 1.29 is 34.0 Å². The van der Waals surface area contributed by atoms with Crippen LogP contribution in [0.1, 0.15) is 30.9 Å². The van der Waals surface area contributed by atoms with Gasteiger partial charge in [-0.2, -0.15) is 0 Å². The predicted molar refractivity (Wildman–Crippen MR) is 131 cm³/mol. The van der Waals surface area contributed by atoms with E-state index in [2.05, 4.69) is 0 Å². The third kappa shape index (κ3) is 5.11. The van der Waals surface area contributed by atoms with Gasteiger partial charge < -0.3 is 34.1 Å². The zero-order chi connectivity index (χ0) is 25.1. The normalized spacial score (nSPS) is 34.4. The topological polar surface area (TPSA) is 97.7 Å². The maximum atomic E-state index is 13.3. The van der Waals surface area contributed by atoms with Crippen LogP contribution in [0.2, 0.25) is 0 Å². The van der Waals surface area contributed by atoms with Crippen molar-refractivity contribution in [1.82, 2.24) is 4.90 Å². The van der Waals surface area contributed by atoms with Crippen molar-refractivity contribution in [3.63, 3.8) is 0 Å². The Morgan fingerprint density at radius 3 is 2.47 bits per heavy atom. The summed E-state index contributed by atoms with van der Waals surface area (Å²) in [5.74, 6) is -0.301. The summed E-state index contributed by atoms with van der Waals surface area (Å²) in [4.78, 5) is 14.7. The summed E-state index contributed by atoms with van der Waals surface area (Å²) in [7, 11) is 0. The van der Waals surface area contributed by atoms with Crippen LogP contribution in [-0.2, 0) is 30.3 Å². The second-order valence-electron chi connectivity index (χ2n) is 9.42. The van der Waals surface area contributed by atoms with Gasteiger partial charge in [-0.1, -0.05) is 86.2 Å². The molecule has 3 saturated heterocycles.